The highest BCUT2D eigenvalue weighted by Crippen LogP contribution is 1.91. The third-order valence-electron chi connectivity index (χ3n) is 1.34. The highest BCUT2D eigenvalue weighted by atomic mass is 16.7. The zero-order valence-corrected chi connectivity index (χ0v) is 10.7. The van der Waals surface area contributed by atoms with Crippen LogP contribution in [0.4, 0.5) is 0 Å². The molecule has 0 aliphatic carbocycles. The molecule has 0 unspecified atom stereocenters. The molecular formula is C12H17NO5. The van der Waals surface area contributed by atoms with E-state index >= 15 is 0 Å². The maximum absolute atomic E-state index is 10.8. The summed E-state index contributed by atoms with van der Waals surface area (Å²) in [5.41, 5.74) is 2.58. The van der Waals surface area contributed by atoms with Gasteiger partial charge in [-0.25, -0.2) is 9.59 Å². The molecule has 0 saturated heterocycles. The molecule has 0 aromatic carbocycles. The quantitative estimate of drug-likeness (QED) is 0.586. The van der Waals surface area contributed by atoms with E-state index in [1.54, 1.807) is 0 Å². The molecule has 0 fully saturated rings. The van der Waals surface area contributed by atoms with Gasteiger partial charge in [0.2, 0.25) is 0 Å². The first-order valence-electron chi connectivity index (χ1n) is 4.80. The molecule has 0 spiro atoms. The van der Waals surface area contributed by atoms with E-state index in [9.17, 15) is 14.4 Å². The molecular weight excluding hydrogens is 238 g/mol. The van der Waals surface area contributed by atoms with Crippen LogP contribution >= 0.6 is 0 Å². The van der Waals surface area contributed by atoms with E-state index in [0.29, 0.717) is 0 Å². The van der Waals surface area contributed by atoms with Gasteiger partial charge >= 0.3 is 11.9 Å². The predicted octanol–water partition coefficient (Wildman–Crippen LogP) is 1.36. The number of rotatable bonds is 3. The molecule has 0 aliphatic rings. The van der Waals surface area contributed by atoms with Crippen molar-refractivity contribution in [2.24, 2.45) is 0 Å². The summed E-state index contributed by atoms with van der Waals surface area (Å²) in [5, 5.41) is 7.89. The Labute approximate surface area is 106 Å². The molecule has 1 amide bonds. The second-order valence-electron chi connectivity index (χ2n) is 3.47. The fourth-order valence-electron chi connectivity index (χ4n) is 0.267. The van der Waals surface area contributed by atoms with Crippen molar-refractivity contribution in [1.29, 1.82) is 0 Å². The summed E-state index contributed by atoms with van der Waals surface area (Å²) >= 11 is 0. The first-order valence-corrected chi connectivity index (χ1v) is 4.80. The molecule has 0 saturated carbocycles. The van der Waals surface area contributed by atoms with Gasteiger partial charge in [-0.15, -0.1) is 0 Å². The van der Waals surface area contributed by atoms with E-state index in [2.05, 4.69) is 24.6 Å². The lowest BCUT2D eigenvalue weighted by Gasteiger charge is -2.03. The van der Waals surface area contributed by atoms with E-state index in [4.69, 9.17) is 5.11 Å². The number of carboxylic acids is 1. The number of hydrogen-bond acceptors (Lipinski definition) is 4. The molecule has 6 heteroatoms. The number of nitrogens with one attached hydrogen (secondary N) is 1. The first-order chi connectivity index (χ1) is 8.09. The lowest BCUT2D eigenvalue weighted by molar-refractivity contribution is -0.152. The SMILES string of the molecule is C=C(C)C(=O)NOC(=O)C(=C)C.C=C(C)C(=O)O. The highest BCUT2D eigenvalue weighted by molar-refractivity contribution is 5.93. The monoisotopic (exact) mass is 255 g/mol. The molecule has 6 nitrogen and oxygen atoms in total. The molecule has 0 atom stereocenters. The molecule has 2 N–H and O–H groups in total. The number of aliphatic carboxylic acids is 1. The Hall–Kier alpha value is -2.37. The topological polar surface area (TPSA) is 92.7 Å². The average molecular weight is 255 g/mol. The Morgan fingerprint density at radius 1 is 0.944 bits per heavy atom. The Morgan fingerprint density at radius 2 is 1.33 bits per heavy atom. The van der Waals surface area contributed by atoms with E-state index < -0.39 is 17.8 Å². The van der Waals surface area contributed by atoms with Gasteiger partial charge in [-0.1, -0.05) is 19.7 Å². The maximum atomic E-state index is 10.8. The fourth-order valence-corrected chi connectivity index (χ4v) is 0.267. The third kappa shape index (κ3) is 10.2. The number of carboxylic acid groups (broad SMARTS) is 1. The minimum Gasteiger partial charge on any atom is -0.478 e. The predicted molar refractivity (Wildman–Crippen MR) is 66.3 cm³/mol. The van der Waals surface area contributed by atoms with Crippen molar-refractivity contribution < 1.29 is 24.3 Å². The van der Waals surface area contributed by atoms with E-state index in [1.165, 1.54) is 20.8 Å². The number of carbonyl (C=O) groups excluding carboxylic acids is 2. The molecule has 18 heavy (non-hydrogen) atoms. The second kappa shape index (κ2) is 8.74. The number of hydroxylamine groups is 1. The van der Waals surface area contributed by atoms with Crippen molar-refractivity contribution in [2.45, 2.75) is 20.8 Å². The van der Waals surface area contributed by atoms with Crippen LogP contribution in [0.3, 0.4) is 0 Å². The fraction of sp³-hybridized carbons (Fsp3) is 0.250. The summed E-state index contributed by atoms with van der Waals surface area (Å²) in [6.45, 7) is 14.3. The van der Waals surface area contributed by atoms with Gasteiger partial charge in [-0.2, -0.15) is 5.48 Å². The smallest absolute Gasteiger partial charge is 0.358 e. The van der Waals surface area contributed by atoms with Crippen LogP contribution < -0.4 is 5.48 Å². The van der Waals surface area contributed by atoms with Crippen LogP contribution in [-0.2, 0) is 19.2 Å². The third-order valence-corrected chi connectivity index (χ3v) is 1.34. The molecule has 100 valence electrons. The standard InChI is InChI=1S/C8H11NO3.C4H6O2/c1-5(2)7(10)9-12-8(11)6(3)4;1-3(2)4(5)6/h1,3H2,2,4H3,(H,9,10);1H2,2H3,(H,5,6). The molecule has 0 rings (SSSR count). The minimum absolute atomic E-state index is 0.176. The lowest BCUT2D eigenvalue weighted by atomic mass is 10.3. The van der Waals surface area contributed by atoms with Crippen LogP contribution in [0.25, 0.3) is 0 Å². The largest absolute Gasteiger partial charge is 0.478 e. The van der Waals surface area contributed by atoms with Gasteiger partial charge in [-0.3, -0.25) is 4.79 Å². The van der Waals surface area contributed by atoms with Crippen LogP contribution in [-0.4, -0.2) is 23.0 Å². The molecule has 0 radical (unpaired) electrons. The summed E-state index contributed by atoms with van der Waals surface area (Å²) in [7, 11) is 0. The second-order valence-corrected chi connectivity index (χ2v) is 3.47. The van der Waals surface area contributed by atoms with Gasteiger partial charge in [-0.05, 0) is 20.8 Å². The zero-order valence-electron chi connectivity index (χ0n) is 10.7. The maximum Gasteiger partial charge on any atom is 0.358 e. The van der Waals surface area contributed by atoms with Gasteiger partial charge in [0.15, 0.2) is 0 Å². The van der Waals surface area contributed by atoms with Crippen molar-refractivity contribution >= 4 is 17.8 Å². The van der Waals surface area contributed by atoms with Crippen LogP contribution in [0, 0.1) is 0 Å². The normalized spacial score (nSPS) is 8.17. The lowest BCUT2D eigenvalue weighted by Crippen LogP contribution is -2.27. The molecule has 0 aliphatic heterocycles. The first kappa shape index (κ1) is 18.0. The molecule has 0 heterocycles. The van der Waals surface area contributed by atoms with E-state index in [1.807, 2.05) is 5.48 Å². The average Bonchev–Trinajstić information content (AvgIpc) is 2.25. The van der Waals surface area contributed by atoms with Crippen molar-refractivity contribution in [1.82, 2.24) is 5.48 Å². The summed E-state index contributed by atoms with van der Waals surface area (Å²) in [5.74, 6) is -2.12. The van der Waals surface area contributed by atoms with Crippen molar-refractivity contribution in [3.8, 4) is 0 Å². The summed E-state index contributed by atoms with van der Waals surface area (Å²) in [4.78, 5) is 35.4. The number of carbonyl (C=O) groups is 3. The van der Waals surface area contributed by atoms with Crippen molar-refractivity contribution in [3.63, 3.8) is 0 Å². The zero-order chi connectivity index (χ0) is 14.9. The van der Waals surface area contributed by atoms with Crippen LogP contribution in [0.1, 0.15) is 20.8 Å². The van der Waals surface area contributed by atoms with Gasteiger partial charge in [0.1, 0.15) is 0 Å². The summed E-state index contributed by atoms with van der Waals surface area (Å²) in [6, 6.07) is 0. The van der Waals surface area contributed by atoms with E-state index in [-0.39, 0.29) is 16.7 Å². The Bertz CT molecular complexity index is 357. The van der Waals surface area contributed by atoms with Gasteiger partial charge in [0.25, 0.3) is 5.91 Å². The van der Waals surface area contributed by atoms with Crippen LogP contribution in [0.5, 0.6) is 0 Å². The Morgan fingerprint density at radius 3 is 1.56 bits per heavy atom. The van der Waals surface area contributed by atoms with Crippen molar-refractivity contribution in [3.05, 3.63) is 36.5 Å². The van der Waals surface area contributed by atoms with Crippen molar-refractivity contribution in [2.75, 3.05) is 0 Å². The summed E-state index contributed by atoms with van der Waals surface area (Å²) < 4.78 is 0. The molecule has 0 aromatic heterocycles. The van der Waals surface area contributed by atoms with Gasteiger partial charge < -0.3 is 9.94 Å². The van der Waals surface area contributed by atoms with Gasteiger partial charge in [0, 0.05) is 16.7 Å². The van der Waals surface area contributed by atoms with Gasteiger partial charge in [0.05, 0.1) is 0 Å². The number of amides is 1. The van der Waals surface area contributed by atoms with Crippen LogP contribution in [0.2, 0.25) is 0 Å². The van der Waals surface area contributed by atoms with Crippen LogP contribution in [0.15, 0.2) is 36.5 Å². The van der Waals surface area contributed by atoms with E-state index in [0.717, 1.165) is 0 Å². The number of hydrogen-bond donors (Lipinski definition) is 2. The minimum atomic E-state index is -0.935. The molecule has 0 aromatic rings. The Kier molecular flexibility index (Phi) is 8.75. The molecule has 0 bridgehead atoms. The highest BCUT2D eigenvalue weighted by Gasteiger charge is 2.06. The summed E-state index contributed by atoms with van der Waals surface area (Å²) in [6.07, 6.45) is 0. The Balaban J connectivity index is 0.